The average Bonchev–Trinajstić information content (AvgIpc) is 2.98. The molecule has 1 heterocycles. The van der Waals surface area contributed by atoms with E-state index >= 15 is 0 Å². The van der Waals surface area contributed by atoms with Crippen LogP contribution in [0.3, 0.4) is 0 Å². The number of ether oxygens (including phenoxy) is 1. The summed E-state index contributed by atoms with van der Waals surface area (Å²) in [6.07, 6.45) is 1.97. The highest BCUT2D eigenvalue weighted by molar-refractivity contribution is 7.98. The standard InChI is InChI=1S/C22H23NO4S/c1-13(2)20(24)18-19(16-7-5-6-8-17(16)27-3)23(22(26)21(18)25)14-9-11-15(28-4)12-10-14/h5-13,18-19H,1-4H3. The maximum atomic E-state index is 13.0. The zero-order valence-electron chi connectivity index (χ0n) is 16.3. The summed E-state index contributed by atoms with van der Waals surface area (Å²) in [6.45, 7) is 3.49. The molecule has 2 aromatic rings. The minimum absolute atomic E-state index is 0.238. The molecule has 2 atom stereocenters. The van der Waals surface area contributed by atoms with Crippen LogP contribution in [-0.2, 0) is 14.4 Å². The van der Waals surface area contributed by atoms with Crippen molar-refractivity contribution in [1.29, 1.82) is 0 Å². The molecule has 1 fully saturated rings. The van der Waals surface area contributed by atoms with E-state index in [9.17, 15) is 14.4 Å². The Balaban J connectivity index is 2.18. The Bertz CT molecular complexity index is 907. The largest absolute Gasteiger partial charge is 0.496 e. The fourth-order valence-corrected chi connectivity index (χ4v) is 3.97. The summed E-state index contributed by atoms with van der Waals surface area (Å²) in [5, 5.41) is 0. The Hall–Kier alpha value is -2.60. The minimum atomic E-state index is -1.05. The van der Waals surface area contributed by atoms with Crippen molar-refractivity contribution in [3.05, 3.63) is 54.1 Å². The second-order valence-electron chi connectivity index (χ2n) is 6.96. The Morgan fingerprint density at radius 3 is 2.29 bits per heavy atom. The predicted molar refractivity (Wildman–Crippen MR) is 110 cm³/mol. The number of Topliss-reactive ketones (excluding diaryl/α,β-unsaturated/α-hetero) is 2. The summed E-state index contributed by atoms with van der Waals surface area (Å²) < 4.78 is 5.47. The number of thioether (sulfide) groups is 1. The number of nitrogens with zero attached hydrogens (tertiary/aromatic N) is 1. The van der Waals surface area contributed by atoms with Gasteiger partial charge in [-0.3, -0.25) is 19.3 Å². The van der Waals surface area contributed by atoms with Crippen molar-refractivity contribution in [2.45, 2.75) is 24.8 Å². The molecule has 5 nitrogen and oxygen atoms in total. The normalized spacial score (nSPS) is 19.4. The number of ketones is 2. The van der Waals surface area contributed by atoms with Gasteiger partial charge in [-0.15, -0.1) is 11.8 Å². The van der Waals surface area contributed by atoms with E-state index in [2.05, 4.69) is 0 Å². The van der Waals surface area contributed by atoms with Gasteiger partial charge in [0.25, 0.3) is 5.91 Å². The maximum Gasteiger partial charge on any atom is 0.295 e. The lowest BCUT2D eigenvalue weighted by atomic mass is 9.84. The number of benzene rings is 2. The van der Waals surface area contributed by atoms with Gasteiger partial charge in [-0.05, 0) is 36.6 Å². The molecule has 3 rings (SSSR count). The van der Waals surface area contributed by atoms with Gasteiger partial charge in [0.15, 0.2) is 0 Å². The van der Waals surface area contributed by atoms with Crippen LogP contribution in [0.4, 0.5) is 5.69 Å². The number of methoxy groups -OCH3 is 1. The predicted octanol–water partition coefficient (Wildman–Crippen LogP) is 3.92. The molecule has 1 aliphatic heterocycles. The molecular formula is C22H23NO4S. The molecule has 1 aliphatic rings. The van der Waals surface area contributed by atoms with Crippen LogP contribution in [0, 0.1) is 11.8 Å². The van der Waals surface area contributed by atoms with Crippen LogP contribution in [0.25, 0.3) is 0 Å². The highest BCUT2D eigenvalue weighted by atomic mass is 32.2. The second kappa shape index (κ2) is 8.19. The zero-order chi connectivity index (χ0) is 20.4. The molecule has 1 amide bonds. The van der Waals surface area contributed by atoms with Crippen LogP contribution in [0.2, 0.25) is 0 Å². The van der Waals surface area contributed by atoms with E-state index in [0.717, 1.165) is 4.90 Å². The number of amides is 1. The van der Waals surface area contributed by atoms with Crippen LogP contribution in [0.15, 0.2) is 53.4 Å². The van der Waals surface area contributed by atoms with E-state index in [4.69, 9.17) is 4.74 Å². The number of hydrogen-bond donors (Lipinski definition) is 0. The summed E-state index contributed by atoms with van der Waals surface area (Å²) in [7, 11) is 1.54. The first-order valence-electron chi connectivity index (χ1n) is 9.08. The molecule has 0 aromatic heterocycles. The van der Waals surface area contributed by atoms with Gasteiger partial charge in [0.1, 0.15) is 17.5 Å². The summed E-state index contributed by atoms with van der Waals surface area (Å²) in [6, 6.07) is 13.9. The molecular weight excluding hydrogens is 374 g/mol. The van der Waals surface area contributed by atoms with Gasteiger partial charge in [0.2, 0.25) is 5.78 Å². The molecule has 0 N–H and O–H groups in total. The van der Waals surface area contributed by atoms with Gasteiger partial charge in [-0.1, -0.05) is 32.0 Å². The molecule has 0 saturated carbocycles. The molecule has 1 saturated heterocycles. The van der Waals surface area contributed by atoms with E-state index in [-0.39, 0.29) is 11.7 Å². The molecule has 6 heteroatoms. The van der Waals surface area contributed by atoms with E-state index in [1.807, 2.05) is 42.7 Å². The fourth-order valence-electron chi connectivity index (χ4n) is 3.56. The number of hydrogen-bond acceptors (Lipinski definition) is 5. The summed E-state index contributed by atoms with van der Waals surface area (Å²) >= 11 is 1.59. The molecule has 146 valence electrons. The monoisotopic (exact) mass is 397 g/mol. The van der Waals surface area contributed by atoms with E-state index < -0.39 is 23.7 Å². The van der Waals surface area contributed by atoms with Crippen molar-refractivity contribution in [2.75, 3.05) is 18.3 Å². The third-order valence-corrected chi connectivity index (χ3v) is 5.73. The molecule has 28 heavy (non-hydrogen) atoms. The van der Waals surface area contributed by atoms with Gasteiger partial charge in [0.05, 0.1) is 13.2 Å². The molecule has 0 aliphatic carbocycles. The molecule has 0 spiro atoms. The smallest absolute Gasteiger partial charge is 0.295 e. The Labute approximate surface area is 169 Å². The number of rotatable bonds is 6. The maximum absolute atomic E-state index is 13.0. The highest BCUT2D eigenvalue weighted by Gasteiger charge is 2.53. The number of para-hydroxylation sites is 1. The molecule has 2 aromatic carbocycles. The lowest BCUT2D eigenvalue weighted by Gasteiger charge is -2.29. The minimum Gasteiger partial charge on any atom is -0.496 e. The van der Waals surface area contributed by atoms with Gasteiger partial charge in [-0.25, -0.2) is 0 Å². The van der Waals surface area contributed by atoms with Crippen LogP contribution < -0.4 is 9.64 Å². The summed E-state index contributed by atoms with van der Waals surface area (Å²) in [4.78, 5) is 41.2. The Morgan fingerprint density at radius 1 is 1.07 bits per heavy atom. The van der Waals surface area contributed by atoms with Crippen LogP contribution in [0.5, 0.6) is 5.75 Å². The van der Waals surface area contributed by atoms with Crippen molar-refractivity contribution >= 4 is 34.9 Å². The first-order chi connectivity index (χ1) is 13.4. The Kier molecular flexibility index (Phi) is 5.89. The SMILES string of the molecule is COc1ccccc1C1C(C(=O)C(C)C)C(=O)C(=O)N1c1ccc(SC)cc1. The van der Waals surface area contributed by atoms with E-state index in [0.29, 0.717) is 17.0 Å². The summed E-state index contributed by atoms with van der Waals surface area (Å²) in [5.41, 5.74) is 1.24. The van der Waals surface area contributed by atoms with Crippen molar-refractivity contribution in [2.24, 2.45) is 11.8 Å². The summed E-state index contributed by atoms with van der Waals surface area (Å²) in [5.74, 6) is -2.43. The molecule has 0 radical (unpaired) electrons. The quantitative estimate of drug-likeness (QED) is 0.420. The van der Waals surface area contributed by atoms with Crippen LogP contribution in [-0.4, -0.2) is 30.8 Å². The van der Waals surface area contributed by atoms with Crippen molar-refractivity contribution in [3.8, 4) is 5.75 Å². The Morgan fingerprint density at radius 2 is 1.71 bits per heavy atom. The van der Waals surface area contributed by atoms with Gasteiger partial charge >= 0.3 is 0 Å². The average molecular weight is 397 g/mol. The first kappa shape index (κ1) is 20.1. The third-order valence-electron chi connectivity index (χ3n) is 4.99. The van der Waals surface area contributed by atoms with Crippen molar-refractivity contribution in [1.82, 2.24) is 0 Å². The fraction of sp³-hybridized carbons (Fsp3) is 0.318. The number of anilines is 1. The third kappa shape index (κ3) is 3.44. The first-order valence-corrected chi connectivity index (χ1v) is 10.3. The molecule has 0 bridgehead atoms. The van der Waals surface area contributed by atoms with Crippen LogP contribution >= 0.6 is 11.8 Å². The van der Waals surface area contributed by atoms with Gasteiger partial charge in [0, 0.05) is 22.1 Å². The van der Waals surface area contributed by atoms with Crippen molar-refractivity contribution < 1.29 is 19.1 Å². The lowest BCUT2D eigenvalue weighted by Crippen LogP contribution is -2.32. The number of carbonyl (C=O) groups is 3. The van der Waals surface area contributed by atoms with Gasteiger partial charge in [-0.2, -0.15) is 0 Å². The second-order valence-corrected chi connectivity index (χ2v) is 7.84. The van der Waals surface area contributed by atoms with Gasteiger partial charge < -0.3 is 4.74 Å². The number of carbonyl (C=O) groups excluding carboxylic acids is 3. The van der Waals surface area contributed by atoms with E-state index in [1.54, 1.807) is 37.7 Å². The van der Waals surface area contributed by atoms with Crippen LogP contribution in [0.1, 0.15) is 25.5 Å². The topological polar surface area (TPSA) is 63.7 Å². The van der Waals surface area contributed by atoms with Crippen molar-refractivity contribution in [3.63, 3.8) is 0 Å². The molecule has 2 unspecified atom stereocenters. The lowest BCUT2D eigenvalue weighted by molar-refractivity contribution is -0.139. The van der Waals surface area contributed by atoms with E-state index in [1.165, 1.54) is 12.0 Å². The highest BCUT2D eigenvalue weighted by Crippen LogP contribution is 2.44. The zero-order valence-corrected chi connectivity index (χ0v) is 17.2.